The van der Waals surface area contributed by atoms with E-state index in [1.807, 2.05) is 0 Å². The second-order valence-electron chi connectivity index (χ2n) is 7.84. The van der Waals surface area contributed by atoms with Crippen LogP contribution in [0.2, 0.25) is 0 Å². The van der Waals surface area contributed by atoms with Gasteiger partial charge in [0.15, 0.2) is 5.69 Å². The van der Waals surface area contributed by atoms with Gasteiger partial charge in [0.05, 0.1) is 17.8 Å². The van der Waals surface area contributed by atoms with Crippen LogP contribution < -0.4 is 10.7 Å². The number of aromatic nitrogens is 2. The second-order valence-corrected chi connectivity index (χ2v) is 7.84. The minimum Gasteiger partial charge on any atom is -0.354 e. The van der Waals surface area contributed by atoms with Gasteiger partial charge in [-0.25, -0.2) is 4.99 Å². The molecule has 1 N–H and O–H groups in total. The lowest BCUT2D eigenvalue weighted by Crippen LogP contribution is -2.35. The van der Waals surface area contributed by atoms with Crippen molar-refractivity contribution in [2.45, 2.75) is 50.7 Å². The summed E-state index contributed by atoms with van der Waals surface area (Å²) in [7, 11) is 1.38. The molecule has 0 unspecified atom stereocenters. The first kappa shape index (κ1) is 23.4. The summed E-state index contributed by atoms with van der Waals surface area (Å²) in [4.78, 5) is 32.6. The molecule has 1 aliphatic rings. The number of amides is 1. The number of alkyl halides is 3. The SMILES string of the molecule is C=NC=Nc1c(C)n(CC2(c3cccc(C(F)(F)F)c3)CCCC2)nc(C(=O)NC)c1=O. The number of rotatable bonds is 6. The van der Waals surface area contributed by atoms with Gasteiger partial charge in [-0.3, -0.25) is 19.3 Å². The Morgan fingerprint density at radius 1 is 1.34 bits per heavy atom. The molecular weight excluding hydrogens is 423 g/mol. The van der Waals surface area contributed by atoms with E-state index in [-0.39, 0.29) is 17.9 Å². The number of benzene rings is 1. The smallest absolute Gasteiger partial charge is 0.354 e. The number of carbonyl (C=O) groups excluding carboxylic acids is 1. The van der Waals surface area contributed by atoms with E-state index in [0.717, 1.165) is 25.2 Å². The summed E-state index contributed by atoms with van der Waals surface area (Å²) < 4.78 is 41.5. The first-order valence-electron chi connectivity index (χ1n) is 10.1. The molecule has 0 bridgehead atoms. The number of halogens is 3. The molecule has 0 aliphatic heterocycles. The molecule has 1 saturated carbocycles. The van der Waals surface area contributed by atoms with Gasteiger partial charge in [0, 0.05) is 12.5 Å². The Balaban J connectivity index is 2.16. The van der Waals surface area contributed by atoms with Crippen LogP contribution in [0.4, 0.5) is 18.9 Å². The predicted molar refractivity (Wildman–Crippen MR) is 116 cm³/mol. The van der Waals surface area contributed by atoms with E-state index in [2.05, 4.69) is 27.1 Å². The average Bonchev–Trinajstić information content (AvgIpc) is 3.24. The van der Waals surface area contributed by atoms with E-state index in [1.54, 1.807) is 13.0 Å². The van der Waals surface area contributed by atoms with Crippen molar-refractivity contribution in [3.8, 4) is 0 Å². The minimum atomic E-state index is -4.45. The van der Waals surface area contributed by atoms with Gasteiger partial charge in [0.2, 0.25) is 5.43 Å². The summed E-state index contributed by atoms with van der Waals surface area (Å²) in [5.74, 6) is -0.675. The molecule has 1 aliphatic carbocycles. The van der Waals surface area contributed by atoms with Crippen molar-refractivity contribution in [1.29, 1.82) is 0 Å². The molecule has 0 spiro atoms. The Morgan fingerprint density at radius 3 is 2.62 bits per heavy atom. The lowest BCUT2D eigenvalue weighted by Gasteiger charge is -2.32. The quantitative estimate of drug-likeness (QED) is 0.540. The molecule has 1 fully saturated rings. The van der Waals surface area contributed by atoms with Crippen LogP contribution in [0.1, 0.15) is 53.0 Å². The number of carbonyl (C=O) groups is 1. The molecule has 32 heavy (non-hydrogen) atoms. The zero-order valence-corrected chi connectivity index (χ0v) is 17.9. The fraction of sp³-hybridized carbons (Fsp3) is 0.409. The Morgan fingerprint density at radius 2 is 2.03 bits per heavy atom. The fourth-order valence-electron chi connectivity index (χ4n) is 4.21. The highest BCUT2D eigenvalue weighted by molar-refractivity contribution is 5.92. The summed E-state index contributed by atoms with van der Waals surface area (Å²) >= 11 is 0. The minimum absolute atomic E-state index is 0.0109. The van der Waals surface area contributed by atoms with Gasteiger partial charge in [0.25, 0.3) is 5.91 Å². The number of aliphatic imine (C=N–C) groups is 2. The van der Waals surface area contributed by atoms with Crippen LogP contribution in [0.15, 0.2) is 39.0 Å². The van der Waals surface area contributed by atoms with Gasteiger partial charge in [-0.05, 0) is 38.1 Å². The molecule has 1 aromatic carbocycles. The summed E-state index contributed by atoms with van der Waals surface area (Å²) in [6.45, 7) is 5.13. The molecule has 170 valence electrons. The molecule has 7 nitrogen and oxygen atoms in total. The standard InChI is InChI=1S/C22H24F3N5O2/c1-14-17(28-13-26-2)19(31)18(20(32)27-3)29-30(14)12-21(9-4-5-10-21)15-7-6-8-16(11-15)22(23,24)25/h6-8,11,13H,2,4-5,9-10,12H2,1,3H3,(H,27,32). The summed E-state index contributed by atoms with van der Waals surface area (Å²) in [6, 6.07) is 5.33. The van der Waals surface area contributed by atoms with Crippen molar-refractivity contribution >= 4 is 24.7 Å². The number of hydrogen-bond donors (Lipinski definition) is 1. The van der Waals surface area contributed by atoms with Crippen molar-refractivity contribution < 1.29 is 18.0 Å². The number of hydrogen-bond acceptors (Lipinski definition) is 4. The summed E-state index contributed by atoms with van der Waals surface area (Å²) in [5, 5.41) is 6.65. The maximum absolute atomic E-state index is 13.3. The molecule has 10 heteroatoms. The third-order valence-electron chi connectivity index (χ3n) is 5.91. The van der Waals surface area contributed by atoms with Crippen LogP contribution in [-0.2, 0) is 18.1 Å². The van der Waals surface area contributed by atoms with E-state index >= 15 is 0 Å². The van der Waals surface area contributed by atoms with Gasteiger partial charge < -0.3 is 5.32 Å². The van der Waals surface area contributed by atoms with Crippen LogP contribution in [0, 0.1) is 6.92 Å². The van der Waals surface area contributed by atoms with Crippen molar-refractivity contribution in [2.75, 3.05) is 7.05 Å². The van der Waals surface area contributed by atoms with Crippen LogP contribution in [0.5, 0.6) is 0 Å². The van der Waals surface area contributed by atoms with Crippen molar-refractivity contribution in [3.63, 3.8) is 0 Å². The number of nitrogens with zero attached hydrogens (tertiary/aromatic N) is 4. The second kappa shape index (κ2) is 9.05. The van der Waals surface area contributed by atoms with Crippen molar-refractivity contribution in [1.82, 2.24) is 15.1 Å². The Labute approximate surface area is 183 Å². The van der Waals surface area contributed by atoms with Crippen molar-refractivity contribution in [3.05, 3.63) is 57.0 Å². The monoisotopic (exact) mass is 447 g/mol. The third kappa shape index (κ3) is 4.49. The zero-order chi connectivity index (χ0) is 23.5. The highest BCUT2D eigenvalue weighted by atomic mass is 19.4. The van der Waals surface area contributed by atoms with Gasteiger partial charge >= 0.3 is 6.18 Å². The summed E-state index contributed by atoms with van der Waals surface area (Å²) in [6.07, 6.45) is -0.340. The van der Waals surface area contributed by atoms with E-state index < -0.39 is 28.5 Å². The molecule has 3 rings (SSSR count). The summed E-state index contributed by atoms with van der Waals surface area (Å²) in [5.41, 5.74) is -1.39. The molecule has 0 radical (unpaired) electrons. The molecule has 2 aromatic rings. The normalized spacial score (nSPS) is 15.8. The molecule has 1 amide bonds. The predicted octanol–water partition coefficient (Wildman–Crippen LogP) is 3.80. The Kier molecular flexibility index (Phi) is 6.61. The highest BCUT2D eigenvalue weighted by Gasteiger charge is 2.39. The van der Waals surface area contributed by atoms with Gasteiger partial charge in [-0.2, -0.15) is 18.3 Å². The Hall–Kier alpha value is -3.30. The van der Waals surface area contributed by atoms with E-state index in [1.165, 1.54) is 23.9 Å². The third-order valence-corrected chi connectivity index (χ3v) is 5.91. The Bertz CT molecular complexity index is 1120. The fourth-order valence-corrected chi connectivity index (χ4v) is 4.21. The van der Waals surface area contributed by atoms with E-state index in [4.69, 9.17) is 0 Å². The van der Waals surface area contributed by atoms with Crippen LogP contribution in [0.25, 0.3) is 0 Å². The molecule has 1 heterocycles. The van der Waals surface area contributed by atoms with Gasteiger partial charge in [-0.1, -0.05) is 31.0 Å². The maximum atomic E-state index is 13.3. The van der Waals surface area contributed by atoms with E-state index in [0.29, 0.717) is 24.1 Å². The lowest BCUT2D eigenvalue weighted by molar-refractivity contribution is -0.137. The van der Waals surface area contributed by atoms with E-state index in [9.17, 15) is 22.8 Å². The van der Waals surface area contributed by atoms with Gasteiger partial charge in [-0.15, -0.1) is 0 Å². The van der Waals surface area contributed by atoms with Crippen LogP contribution in [-0.4, -0.2) is 35.8 Å². The van der Waals surface area contributed by atoms with Crippen LogP contribution in [0.3, 0.4) is 0 Å². The molecule has 1 aromatic heterocycles. The zero-order valence-electron chi connectivity index (χ0n) is 17.9. The van der Waals surface area contributed by atoms with Crippen molar-refractivity contribution in [2.24, 2.45) is 9.98 Å². The lowest BCUT2D eigenvalue weighted by atomic mass is 9.78. The largest absolute Gasteiger partial charge is 0.416 e. The van der Waals surface area contributed by atoms with Gasteiger partial charge in [0.1, 0.15) is 12.0 Å². The molecule has 0 saturated heterocycles. The maximum Gasteiger partial charge on any atom is 0.416 e. The first-order chi connectivity index (χ1) is 15.1. The van der Waals surface area contributed by atoms with Crippen LogP contribution >= 0.6 is 0 Å². The topological polar surface area (TPSA) is 88.7 Å². The average molecular weight is 447 g/mol. The highest BCUT2D eigenvalue weighted by Crippen LogP contribution is 2.44. The molecule has 0 atom stereocenters. The first-order valence-corrected chi connectivity index (χ1v) is 10.1. The number of nitrogens with one attached hydrogen (secondary N) is 1. The molecular formula is C22H24F3N5O2.